The lowest BCUT2D eigenvalue weighted by molar-refractivity contribution is -0.142. The van der Waals surface area contributed by atoms with E-state index >= 15 is 0 Å². The Morgan fingerprint density at radius 3 is 2.57 bits per heavy atom. The van der Waals surface area contributed by atoms with E-state index in [1.165, 1.54) is 0 Å². The summed E-state index contributed by atoms with van der Waals surface area (Å²) in [7, 11) is 1.62. The highest BCUT2D eigenvalue weighted by atomic mass is 127. The molecule has 3 rings (SSSR count). The van der Waals surface area contributed by atoms with Crippen molar-refractivity contribution in [1.82, 2.24) is 20.1 Å². The average Bonchev–Trinajstić information content (AvgIpc) is 3.34. The number of piperazine rings is 1. The summed E-state index contributed by atoms with van der Waals surface area (Å²) in [5.74, 6) is 0.625. The summed E-state index contributed by atoms with van der Waals surface area (Å²) in [6.07, 6.45) is -3.06. The maximum Gasteiger partial charge on any atom is 0.434 e. The molecule has 1 N–H and O–H groups in total. The van der Waals surface area contributed by atoms with Crippen LogP contribution in [0.15, 0.2) is 10.4 Å². The Hall–Kier alpha value is -1.15. The summed E-state index contributed by atoms with van der Waals surface area (Å²) in [6, 6.07) is 0. The zero-order valence-electron chi connectivity index (χ0n) is 15.4. The Balaban J connectivity index is 0.00000280. The van der Waals surface area contributed by atoms with Gasteiger partial charge in [0.1, 0.15) is 11.1 Å². The van der Waals surface area contributed by atoms with Gasteiger partial charge in [0.05, 0.1) is 6.54 Å². The van der Waals surface area contributed by atoms with Crippen LogP contribution in [0.1, 0.15) is 23.5 Å². The molecule has 0 saturated carbocycles. The molecule has 1 aromatic heterocycles. The van der Waals surface area contributed by atoms with E-state index in [-0.39, 0.29) is 42.5 Å². The lowest BCUT2D eigenvalue weighted by atomic mass is 10.2. The minimum Gasteiger partial charge on any atom is -0.368 e. The van der Waals surface area contributed by atoms with E-state index in [0.29, 0.717) is 43.8 Å². The van der Waals surface area contributed by atoms with Crippen LogP contribution in [0.3, 0.4) is 0 Å². The molecule has 1 atom stereocenters. The molecule has 28 heavy (non-hydrogen) atoms. The van der Waals surface area contributed by atoms with Crippen LogP contribution in [0.2, 0.25) is 0 Å². The number of carbonyl (C=O) groups excluding carboxylic acids is 1. The summed E-state index contributed by atoms with van der Waals surface area (Å²) in [5, 5.41) is 4.40. The third-order valence-corrected chi connectivity index (χ3v) is 5.40. The molecule has 0 bridgehead atoms. The van der Waals surface area contributed by atoms with Crippen molar-refractivity contribution in [2.24, 2.45) is 4.99 Å². The van der Waals surface area contributed by atoms with Crippen molar-refractivity contribution in [3.05, 3.63) is 16.1 Å². The largest absolute Gasteiger partial charge is 0.434 e. The Labute approximate surface area is 182 Å². The first kappa shape index (κ1) is 23.1. The molecular weight excluding hydrogens is 510 g/mol. The maximum atomic E-state index is 12.6. The lowest BCUT2D eigenvalue weighted by Gasteiger charge is -2.37. The molecule has 1 amide bonds. The lowest BCUT2D eigenvalue weighted by Crippen LogP contribution is -2.55. The van der Waals surface area contributed by atoms with Gasteiger partial charge in [-0.2, -0.15) is 13.2 Å². The standard InChI is InChI=1S/C16H22F3N5O2S.HI/c1-20-15(21-9-13-22-12(10-27-13)16(17,18)19)24-6-4-23(5-7-24)14(25)11-3-2-8-26-11;/h10-11H,2-9H2,1H3,(H,20,21);1H. The van der Waals surface area contributed by atoms with Gasteiger partial charge in [0.2, 0.25) is 0 Å². The molecule has 0 spiro atoms. The fraction of sp³-hybridized carbons (Fsp3) is 0.688. The average molecular weight is 533 g/mol. The normalized spacial score (nSPS) is 20.9. The first-order valence-electron chi connectivity index (χ1n) is 8.76. The van der Waals surface area contributed by atoms with Crippen LogP contribution >= 0.6 is 35.3 Å². The van der Waals surface area contributed by atoms with Gasteiger partial charge >= 0.3 is 6.18 Å². The van der Waals surface area contributed by atoms with Gasteiger partial charge in [-0.05, 0) is 12.8 Å². The minimum atomic E-state index is -4.43. The van der Waals surface area contributed by atoms with E-state index in [1.807, 2.05) is 4.90 Å². The van der Waals surface area contributed by atoms with Crippen LogP contribution in [-0.4, -0.2) is 72.6 Å². The van der Waals surface area contributed by atoms with Gasteiger partial charge in [-0.25, -0.2) is 4.98 Å². The second-order valence-corrected chi connectivity index (χ2v) is 7.28. The Kier molecular flexibility index (Phi) is 8.30. The van der Waals surface area contributed by atoms with Crippen LogP contribution in [0.25, 0.3) is 0 Å². The quantitative estimate of drug-likeness (QED) is 0.367. The van der Waals surface area contributed by atoms with Gasteiger partial charge in [0, 0.05) is 45.2 Å². The van der Waals surface area contributed by atoms with Crippen molar-refractivity contribution in [3.63, 3.8) is 0 Å². The van der Waals surface area contributed by atoms with E-state index in [0.717, 1.165) is 29.6 Å². The zero-order chi connectivity index (χ0) is 19.4. The number of aromatic nitrogens is 1. The van der Waals surface area contributed by atoms with Crippen molar-refractivity contribution in [2.45, 2.75) is 31.7 Å². The Bertz CT molecular complexity index is 686. The van der Waals surface area contributed by atoms with Gasteiger partial charge < -0.3 is 19.9 Å². The fourth-order valence-corrected chi connectivity index (χ4v) is 3.86. The number of rotatable bonds is 3. The highest BCUT2D eigenvalue weighted by molar-refractivity contribution is 14.0. The third-order valence-electron chi connectivity index (χ3n) is 4.55. The van der Waals surface area contributed by atoms with Gasteiger partial charge in [0.25, 0.3) is 5.91 Å². The van der Waals surface area contributed by atoms with Gasteiger partial charge in [-0.1, -0.05) is 0 Å². The second kappa shape index (κ2) is 10.1. The molecule has 1 unspecified atom stereocenters. The number of amides is 1. The number of alkyl halides is 3. The fourth-order valence-electron chi connectivity index (χ4n) is 3.12. The van der Waals surface area contributed by atoms with Crippen molar-refractivity contribution in [1.29, 1.82) is 0 Å². The summed E-state index contributed by atoms with van der Waals surface area (Å²) < 4.78 is 43.3. The monoisotopic (exact) mass is 533 g/mol. The molecule has 7 nitrogen and oxygen atoms in total. The minimum absolute atomic E-state index is 0. The topological polar surface area (TPSA) is 70.1 Å². The molecule has 2 fully saturated rings. The predicted molar refractivity (Wildman–Crippen MR) is 110 cm³/mol. The van der Waals surface area contributed by atoms with E-state index in [2.05, 4.69) is 15.3 Å². The third kappa shape index (κ3) is 5.69. The number of thiazole rings is 1. The Morgan fingerprint density at radius 1 is 1.36 bits per heavy atom. The highest BCUT2D eigenvalue weighted by Crippen LogP contribution is 2.29. The zero-order valence-corrected chi connectivity index (χ0v) is 18.5. The molecule has 158 valence electrons. The number of hydrogen-bond acceptors (Lipinski definition) is 5. The summed E-state index contributed by atoms with van der Waals surface area (Å²) in [6.45, 7) is 3.14. The number of carbonyl (C=O) groups is 1. The maximum absolute atomic E-state index is 12.6. The molecule has 2 saturated heterocycles. The van der Waals surface area contributed by atoms with Crippen LogP contribution in [0.5, 0.6) is 0 Å². The highest BCUT2D eigenvalue weighted by Gasteiger charge is 2.34. The number of guanidine groups is 1. The van der Waals surface area contributed by atoms with Crippen molar-refractivity contribution >= 4 is 47.2 Å². The molecular formula is C16H23F3IN5O2S. The predicted octanol–water partition coefficient (Wildman–Crippen LogP) is 2.18. The number of aliphatic imine (C=N–C) groups is 1. The molecule has 12 heteroatoms. The molecule has 2 aliphatic rings. The second-order valence-electron chi connectivity index (χ2n) is 6.34. The first-order valence-corrected chi connectivity index (χ1v) is 9.64. The molecule has 0 aliphatic carbocycles. The van der Waals surface area contributed by atoms with Crippen molar-refractivity contribution in [2.75, 3.05) is 39.8 Å². The molecule has 0 aromatic carbocycles. The number of ether oxygens (including phenoxy) is 1. The van der Waals surface area contributed by atoms with Crippen LogP contribution in [-0.2, 0) is 22.3 Å². The number of halogens is 4. The van der Waals surface area contributed by atoms with Crippen LogP contribution in [0, 0.1) is 0 Å². The molecule has 3 heterocycles. The number of nitrogens with zero attached hydrogens (tertiary/aromatic N) is 4. The van der Waals surface area contributed by atoms with Crippen molar-refractivity contribution in [3.8, 4) is 0 Å². The smallest absolute Gasteiger partial charge is 0.368 e. The van der Waals surface area contributed by atoms with E-state index in [4.69, 9.17) is 4.74 Å². The van der Waals surface area contributed by atoms with Gasteiger partial charge in [-0.3, -0.25) is 9.79 Å². The molecule has 1 aromatic rings. The summed E-state index contributed by atoms with van der Waals surface area (Å²) in [5.41, 5.74) is -0.874. The van der Waals surface area contributed by atoms with E-state index in [1.54, 1.807) is 11.9 Å². The Morgan fingerprint density at radius 2 is 2.04 bits per heavy atom. The van der Waals surface area contributed by atoms with Crippen LogP contribution in [0.4, 0.5) is 13.2 Å². The van der Waals surface area contributed by atoms with Crippen LogP contribution < -0.4 is 5.32 Å². The van der Waals surface area contributed by atoms with Crippen molar-refractivity contribution < 1.29 is 22.7 Å². The summed E-state index contributed by atoms with van der Waals surface area (Å²) >= 11 is 0.960. The molecule has 2 aliphatic heterocycles. The van der Waals surface area contributed by atoms with Gasteiger partial charge in [-0.15, -0.1) is 35.3 Å². The van der Waals surface area contributed by atoms with Gasteiger partial charge in [0.15, 0.2) is 11.7 Å². The van der Waals surface area contributed by atoms with E-state index in [9.17, 15) is 18.0 Å². The number of hydrogen-bond donors (Lipinski definition) is 1. The first-order chi connectivity index (χ1) is 12.9. The number of nitrogens with one attached hydrogen (secondary N) is 1. The van der Waals surface area contributed by atoms with E-state index < -0.39 is 11.9 Å². The molecule has 0 radical (unpaired) electrons. The summed E-state index contributed by atoms with van der Waals surface area (Å²) in [4.78, 5) is 24.0. The SMILES string of the molecule is CN=C(NCc1nc(C(F)(F)F)cs1)N1CCN(C(=O)C2CCCO2)CC1.I.